The smallest absolute Gasteiger partial charge is 0.235 e. The lowest BCUT2D eigenvalue weighted by Crippen LogP contribution is -2.44. The van der Waals surface area contributed by atoms with Crippen LogP contribution < -0.4 is 20.4 Å². The van der Waals surface area contributed by atoms with E-state index in [1.165, 1.54) is 12.8 Å². The summed E-state index contributed by atoms with van der Waals surface area (Å²) in [6.45, 7) is 6.53. The van der Waals surface area contributed by atoms with Crippen LogP contribution in [-0.4, -0.2) is 77.4 Å². The van der Waals surface area contributed by atoms with Crippen molar-refractivity contribution in [3.8, 4) is 0 Å². The average Bonchev–Trinajstić information content (AvgIpc) is 3.61. The zero-order valence-corrected chi connectivity index (χ0v) is 15.8. The van der Waals surface area contributed by atoms with E-state index in [4.69, 9.17) is 9.72 Å². The molecule has 1 aliphatic carbocycles. The molecule has 2 aromatic heterocycles. The lowest BCUT2D eigenvalue weighted by molar-refractivity contribution is 0.122. The van der Waals surface area contributed by atoms with Crippen LogP contribution in [-0.2, 0) is 4.74 Å². The fraction of sp³-hybridized carbons (Fsp3) is 0.611. The third-order valence-corrected chi connectivity index (χ3v) is 5.21. The Labute approximate surface area is 163 Å². The van der Waals surface area contributed by atoms with E-state index in [0.29, 0.717) is 42.8 Å². The zero-order chi connectivity index (χ0) is 18.8. The molecular weight excluding hydrogens is 358 g/mol. The quantitative estimate of drug-likeness (QED) is 0.760. The number of morpholine rings is 1. The molecule has 0 spiro atoms. The number of nitrogens with one attached hydrogen (secondary N) is 2. The van der Waals surface area contributed by atoms with Gasteiger partial charge in [-0.2, -0.15) is 15.0 Å². The Morgan fingerprint density at radius 1 is 0.893 bits per heavy atom. The summed E-state index contributed by atoms with van der Waals surface area (Å²) < 4.78 is 5.46. The van der Waals surface area contributed by atoms with Gasteiger partial charge < -0.3 is 25.2 Å². The highest BCUT2D eigenvalue weighted by atomic mass is 16.5. The second-order valence-corrected chi connectivity index (χ2v) is 7.32. The fourth-order valence-corrected chi connectivity index (χ4v) is 3.43. The highest BCUT2D eigenvalue weighted by molar-refractivity contribution is 5.52. The van der Waals surface area contributed by atoms with Crippen molar-refractivity contribution in [3.63, 3.8) is 0 Å². The molecule has 2 aromatic rings. The first-order valence-electron chi connectivity index (χ1n) is 9.98. The van der Waals surface area contributed by atoms with Crippen molar-refractivity contribution in [2.24, 2.45) is 0 Å². The van der Waals surface area contributed by atoms with E-state index < -0.39 is 0 Å². The summed E-state index contributed by atoms with van der Waals surface area (Å²) in [5.74, 6) is 3.11. The van der Waals surface area contributed by atoms with Crippen molar-refractivity contribution in [2.75, 3.05) is 67.6 Å². The maximum Gasteiger partial charge on any atom is 0.235 e. The molecule has 0 unspecified atom stereocenters. The van der Waals surface area contributed by atoms with Gasteiger partial charge in [0, 0.05) is 45.2 Å². The number of hydrogen-bond donors (Lipinski definition) is 2. The fourth-order valence-electron chi connectivity index (χ4n) is 3.43. The van der Waals surface area contributed by atoms with Gasteiger partial charge in [-0.3, -0.25) is 4.98 Å². The number of rotatable bonds is 5. The summed E-state index contributed by atoms with van der Waals surface area (Å²) in [4.78, 5) is 27.4. The van der Waals surface area contributed by atoms with Crippen molar-refractivity contribution in [1.29, 1.82) is 0 Å². The first kappa shape index (κ1) is 17.5. The molecule has 0 bridgehead atoms. The molecule has 10 heteroatoms. The number of ether oxygens (including phenoxy) is 1. The Balaban J connectivity index is 1.41. The Morgan fingerprint density at radius 2 is 1.61 bits per heavy atom. The minimum absolute atomic E-state index is 0.499. The molecule has 0 amide bonds. The van der Waals surface area contributed by atoms with Crippen LogP contribution >= 0.6 is 0 Å². The second kappa shape index (κ2) is 7.80. The molecule has 148 valence electrons. The van der Waals surface area contributed by atoms with Crippen LogP contribution in [0.2, 0.25) is 0 Å². The van der Waals surface area contributed by atoms with Crippen LogP contribution in [0.5, 0.6) is 0 Å². The van der Waals surface area contributed by atoms with E-state index in [0.717, 1.165) is 45.0 Å². The van der Waals surface area contributed by atoms with Crippen LogP contribution in [0.15, 0.2) is 12.4 Å². The third kappa shape index (κ3) is 3.97. The lowest BCUT2D eigenvalue weighted by Gasteiger charge is -2.30. The molecule has 5 rings (SSSR count). The Bertz CT molecular complexity index is 763. The van der Waals surface area contributed by atoms with E-state index in [9.17, 15) is 0 Å². The van der Waals surface area contributed by atoms with Gasteiger partial charge in [0.25, 0.3) is 0 Å². The lowest BCUT2D eigenvalue weighted by atomic mass is 10.3. The largest absolute Gasteiger partial charge is 0.378 e. The molecule has 3 aliphatic rings. The third-order valence-electron chi connectivity index (χ3n) is 5.21. The van der Waals surface area contributed by atoms with Crippen LogP contribution in [0.4, 0.5) is 23.7 Å². The summed E-state index contributed by atoms with van der Waals surface area (Å²) in [6, 6.07) is 0. The van der Waals surface area contributed by atoms with Crippen LogP contribution in [0.25, 0.3) is 0 Å². The number of hydrogen-bond acceptors (Lipinski definition) is 10. The van der Waals surface area contributed by atoms with Gasteiger partial charge in [0.05, 0.1) is 31.3 Å². The minimum atomic E-state index is 0.499. The molecule has 0 aromatic carbocycles. The second-order valence-electron chi connectivity index (χ2n) is 7.32. The van der Waals surface area contributed by atoms with E-state index in [-0.39, 0.29) is 0 Å². The van der Waals surface area contributed by atoms with E-state index in [1.54, 1.807) is 6.20 Å². The molecule has 4 heterocycles. The molecule has 2 N–H and O–H groups in total. The first-order valence-corrected chi connectivity index (χ1v) is 9.98. The predicted octanol–water partition coefficient (Wildman–Crippen LogP) is 0.529. The molecule has 2 saturated heterocycles. The summed E-state index contributed by atoms with van der Waals surface area (Å²) >= 11 is 0. The van der Waals surface area contributed by atoms with Gasteiger partial charge in [0.15, 0.2) is 5.82 Å². The highest BCUT2D eigenvalue weighted by Gasteiger charge is 2.25. The summed E-state index contributed by atoms with van der Waals surface area (Å²) in [5, 5.41) is 6.58. The number of aromatic nitrogens is 5. The first-order chi connectivity index (χ1) is 13.8. The zero-order valence-electron chi connectivity index (χ0n) is 15.8. The minimum Gasteiger partial charge on any atom is -0.378 e. The van der Waals surface area contributed by atoms with E-state index in [2.05, 4.69) is 40.4 Å². The molecule has 1 saturated carbocycles. The number of nitrogens with zero attached hydrogens (tertiary/aromatic N) is 7. The SMILES string of the molecule is c1nc(C2CC2)cnc1Nc1nc(N2CCNCC2)nc(N2CCOCC2)n1. The van der Waals surface area contributed by atoms with Gasteiger partial charge >= 0.3 is 0 Å². The van der Waals surface area contributed by atoms with Crippen molar-refractivity contribution in [2.45, 2.75) is 18.8 Å². The van der Waals surface area contributed by atoms with Crippen LogP contribution in [0.1, 0.15) is 24.5 Å². The Morgan fingerprint density at radius 3 is 2.25 bits per heavy atom. The van der Waals surface area contributed by atoms with Crippen LogP contribution in [0, 0.1) is 0 Å². The van der Waals surface area contributed by atoms with Gasteiger partial charge in [-0.05, 0) is 12.8 Å². The normalized spacial score (nSPS) is 20.3. The Kier molecular flexibility index (Phi) is 4.88. The van der Waals surface area contributed by atoms with Gasteiger partial charge in [-0.1, -0.05) is 0 Å². The van der Waals surface area contributed by atoms with Crippen molar-refractivity contribution in [1.82, 2.24) is 30.2 Å². The highest BCUT2D eigenvalue weighted by Crippen LogP contribution is 2.38. The summed E-state index contributed by atoms with van der Waals surface area (Å²) in [6.07, 6.45) is 6.04. The average molecular weight is 383 g/mol. The Hall–Kier alpha value is -2.59. The molecule has 3 fully saturated rings. The van der Waals surface area contributed by atoms with E-state index >= 15 is 0 Å². The van der Waals surface area contributed by atoms with Gasteiger partial charge in [0.2, 0.25) is 17.8 Å². The molecule has 2 aliphatic heterocycles. The molecule has 10 nitrogen and oxygen atoms in total. The molecule has 0 atom stereocenters. The summed E-state index contributed by atoms with van der Waals surface area (Å²) in [7, 11) is 0. The van der Waals surface area contributed by atoms with Crippen molar-refractivity contribution in [3.05, 3.63) is 18.1 Å². The van der Waals surface area contributed by atoms with Gasteiger partial charge in [0.1, 0.15) is 0 Å². The van der Waals surface area contributed by atoms with Gasteiger partial charge in [-0.25, -0.2) is 4.98 Å². The summed E-state index contributed by atoms with van der Waals surface area (Å²) in [5.41, 5.74) is 1.07. The molecule has 0 radical (unpaired) electrons. The topological polar surface area (TPSA) is 104 Å². The number of anilines is 4. The van der Waals surface area contributed by atoms with Crippen LogP contribution in [0.3, 0.4) is 0 Å². The maximum absolute atomic E-state index is 5.46. The molecular formula is C18H25N9O. The maximum atomic E-state index is 5.46. The van der Waals surface area contributed by atoms with E-state index in [1.807, 2.05) is 6.20 Å². The molecule has 28 heavy (non-hydrogen) atoms. The standard InChI is InChI=1S/C18H25N9O/c1-2-13(1)14-11-21-15(12-20-14)22-16-23-17(26-5-3-19-4-6-26)25-18(24-16)27-7-9-28-10-8-27/h11-13,19H,1-10H2,(H,21,22,23,24,25). The van der Waals surface area contributed by atoms with Gasteiger partial charge in [-0.15, -0.1) is 0 Å². The predicted molar refractivity (Wildman–Crippen MR) is 105 cm³/mol. The van der Waals surface area contributed by atoms with Crippen molar-refractivity contribution < 1.29 is 4.74 Å². The monoisotopic (exact) mass is 383 g/mol. The van der Waals surface area contributed by atoms with Crippen molar-refractivity contribution >= 4 is 23.7 Å². The number of piperazine rings is 1.